The number of rotatable bonds is 3. The Balaban J connectivity index is 1.05. The lowest BCUT2D eigenvalue weighted by atomic mass is 9.70. The third kappa shape index (κ3) is 4.76. The van der Waals surface area contributed by atoms with Crippen molar-refractivity contribution in [3.63, 3.8) is 0 Å². The first-order chi connectivity index (χ1) is 31.3. The molecule has 3 aliphatic carbocycles. The Bertz CT molecular complexity index is 3650. The van der Waals surface area contributed by atoms with E-state index in [1.807, 2.05) is 11.3 Å². The maximum atomic E-state index is 2.51. The quantitative estimate of drug-likeness (QED) is 0.172. The predicted molar refractivity (Wildman–Crippen MR) is 266 cm³/mol. The monoisotopic (exact) mass is 815 g/mol. The summed E-state index contributed by atoms with van der Waals surface area (Å²) in [5.41, 5.74) is 23.5. The molecule has 0 fully saturated rings. The largest absolute Gasteiger partial charge is 0.310 e. The Morgan fingerprint density at radius 3 is 1.17 bits per heavy atom. The smallest absolute Gasteiger partial charge is 0.0726 e. The van der Waals surface area contributed by atoms with Crippen LogP contribution in [0.3, 0.4) is 0 Å². The Morgan fingerprint density at radius 1 is 0.254 bits per heavy atom. The van der Waals surface area contributed by atoms with E-state index in [-0.39, 0.29) is 0 Å². The van der Waals surface area contributed by atoms with Crippen molar-refractivity contribution in [2.75, 3.05) is 4.90 Å². The molecule has 0 radical (unpaired) electrons. The third-order valence-electron chi connectivity index (χ3n) is 14.1. The molecule has 1 aromatic heterocycles. The molecule has 0 saturated carbocycles. The van der Waals surface area contributed by atoms with Gasteiger partial charge in [-0.1, -0.05) is 182 Å². The minimum atomic E-state index is -0.446. The first-order valence-corrected chi connectivity index (χ1v) is 22.7. The molecular formula is C61H37NS. The Kier molecular flexibility index (Phi) is 7.26. The first-order valence-electron chi connectivity index (χ1n) is 21.8. The lowest BCUT2D eigenvalue weighted by Gasteiger charge is -2.32. The lowest BCUT2D eigenvalue weighted by molar-refractivity contribution is 0.793. The van der Waals surface area contributed by atoms with Crippen molar-refractivity contribution < 1.29 is 0 Å². The zero-order chi connectivity index (χ0) is 41.2. The number of benzene rings is 10. The van der Waals surface area contributed by atoms with Gasteiger partial charge in [-0.3, -0.25) is 0 Å². The molecule has 0 amide bonds. The maximum Gasteiger partial charge on any atom is 0.0726 e. The van der Waals surface area contributed by atoms with Crippen LogP contribution in [-0.2, 0) is 5.41 Å². The fraction of sp³-hybridized carbons (Fsp3) is 0.0164. The van der Waals surface area contributed by atoms with Crippen molar-refractivity contribution in [3.05, 3.63) is 247 Å². The average molecular weight is 816 g/mol. The van der Waals surface area contributed by atoms with Crippen LogP contribution in [0.25, 0.3) is 86.9 Å². The van der Waals surface area contributed by atoms with Gasteiger partial charge in [0.15, 0.2) is 0 Å². The molecule has 2 heteroatoms. The van der Waals surface area contributed by atoms with Crippen LogP contribution in [0.5, 0.6) is 0 Å². The molecule has 0 atom stereocenters. The van der Waals surface area contributed by atoms with Crippen LogP contribution in [0.1, 0.15) is 22.3 Å². The summed E-state index contributed by atoms with van der Waals surface area (Å²) >= 11 is 1.87. The van der Waals surface area contributed by atoms with Crippen molar-refractivity contribution in [2.24, 2.45) is 0 Å². The van der Waals surface area contributed by atoms with E-state index < -0.39 is 5.41 Å². The molecule has 1 spiro atoms. The lowest BCUT2D eigenvalue weighted by Crippen LogP contribution is -2.26. The summed E-state index contributed by atoms with van der Waals surface area (Å²) in [6.07, 6.45) is 0. The van der Waals surface area contributed by atoms with Crippen molar-refractivity contribution in [1.82, 2.24) is 0 Å². The molecule has 0 saturated heterocycles. The normalized spacial score (nSPS) is 13.2. The standard InChI is InChI=1S/C61H37NS/c1-2-16-42-41(15-1)43-17-3-4-19-45(43)47-32-29-38(35-54(47)46-20-6-5-18-44(42)46)62(40-31-34-53-52-24-10-14-28-59(52)63-60(53)37-40)39-30-33-51-50-23-9-13-27-57(50)61(58(51)36-39)55-25-11-7-21-48(55)49-22-8-12-26-56(49)61/h1-37H. The number of nitrogens with zero attached hydrogens (tertiary/aromatic N) is 1. The summed E-state index contributed by atoms with van der Waals surface area (Å²) in [4.78, 5) is 2.51. The van der Waals surface area contributed by atoms with Crippen molar-refractivity contribution >= 4 is 48.6 Å². The van der Waals surface area contributed by atoms with Crippen LogP contribution in [0.15, 0.2) is 224 Å². The number of fused-ring (bicyclic) bond motifs is 21. The van der Waals surface area contributed by atoms with Gasteiger partial charge in [0.25, 0.3) is 0 Å². The molecule has 11 aromatic rings. The van der Waals surface area contributed by atoms with Gasteiger partial charge < -0.3 is 4.90 Å². The second-order valence-electron chi connectivity index (χ2n) is 17.1. The molecule has 0 bridgehead atoms. The van der Waals surface area contributed by atoms with Gasteiger partial charge in [0, 0.05) is 37.2 Å². The fourth-order valence-corrected chi connectivity index (χ4v) is 12.6. The predicted octanol–water partition coefficient (Wildman–Crippen LogP) is 16.8. The Hall–Kier alpha value is -7.78. The highest BCUT2D eigenvalue weighted by molar-refractivity contribution is 7.25. The highest BCUT2D eigenvalue weighted by Gasteiger charge is 2.51. The average Bonchev–Trinajstić information content (AvgIpc) is 3.97. The summed E-state index contributed by atoms with van der Waals surface area (Å²) < 4.78 is 2.59. The third-order valence-corrected chi connectivity index (χ3v) is 15.2. The van der Waals surface area contributed by atoms with Crippen molar-refractivity contribution in [3.8, 4) is 66.8 Å². The van der Waals surface area contributed by atoms with E-state index in [0.717, 1.165) is 17.1 Å². The van der Waals surface area contributed by atoms with E-state index in [1.54, 1.807) is 0 Å². The van der Waals surface area contributed by atoms with Crippen LogP contribution < -0.4 is 4.90 Å². The molecule has 63 heavy (non-hydrogen) atoms. The van der Waals surface area contributed by atoms with Gasteiger partial charge >= 0.3 is 0 Å². The van der Waals surface area contributed by atoms with Crippen molar-refractivity contribution in [2.45, 2.75) is 5.41 Å². The summed E-state index contributed by atoms with van der Waals surface area (Å²) in [6.45, 7) is 0. The molecule has 0 aliphatic heterocycles. The summed E-state index contributed by atoms with van der Waals surface area (Å²) in [7, 11) is 0. The van der Waals surface area contributed by atoms with Gasteiger partial charge in [-0.05, 0) is 131 Å². The van der Waals surface area contributed by atoms with Crippen molar-refractivity contribution in [1.29, 1.82) is 0 Å². The van der Waals surface area contributed by atoms with E-state index in [0.29, 0.717) is 0 Å². The highest BCUT2D eigenvalue weighted by atomic mass is 32.1. The first kappa shape index (κ1) is 34.9. The van der Waals surface area contributed by atoms with Gasteiger partial charge in [0.05, 0.1) is 5.41 Å². The van der Waals surface area contributed by atoms with Crippen LogP contribution in [-0.4, -0.2) is 0 Å². The van der Waals surface area contributed by atoms with E-state index >= 15 is 0 Å². The summed E-state index contributed by atoms with van der Waals surface area (Å²) in [5.74, 6) is 0. The topological polar surface area (TPSA) is 3.24 Å². The molecule has 0 N–H and O–H groups in total. The second-order valence-corrected chi connectivity index (χ2v) is 18.2. The zero-order valence-electron chi connectivity index (χ0n) is 34.2. The molecular weight excluding hydrogens is 779 g/mol. The van der Waals surface area contributed by atoms with Gasteiger partial charge in [-0.15, -0.1) is 11.3 Å². The maximum absolute atomic E-state index is 2.51. The Labute approximate surface area is 370 Å². The minimum absolute atomic E-state index is 0.446. The van der Waals surface area contributed by atoms with E-state index in [9.17, 15) is 0 Å². The molecule has 0 unspecified atom stereocenters. The van der Waals surface area contributed by atoms with E-state index in [1.165, 1.54) is 109 Å². The molecule has 1 heterocycles. The van der Waals surface area contributed by atoms with Crippen LogP contribution in [0.2, 0.25) is 0 Å². The molecule has 292 valence electrons. The van der Waals surface area contributed by atoms with Crippen LogP contribution >= 0.6 is 11.3 Å². The second kappa shape index (κ2) is 13.1. The van der Waals surface area contributed by atoms with E-state index in [4.69, 9.17) is 0 Å². The van der Waals surface area contributed by atoms with Crippen LogP contribution in [0, 0.1) is 0 Å². The van der Waals surface area contributed by atoms with Gasteiger partial charge in [0.1, 0.15) is 0 Å². The SMILES string of the molecule is c1ccc2c(c1)-c1ccccc1-c1ccc(N(c3ccc4c(c3)C3(c5ccccc5-c5ccccc53)c3ccccc3-4)c3ccc4c(c3)sc3ccccc34)cc1-c1ccccc1-2. The summed E-state index contributed by atoms with van der Waals surface area (Å²) in [6, 6.07) is 84.3. The van der Waals surface area contributed by atoms with Gasteiger partial charge in [0.2, 0.25) is 0 Å². The number of anilines is 3. The zero-order valence-corrected chi connectivity index (χ0v) is 35.0. The Morgan fingerprint density at radius 2 is 0.619 bits per heavy atom. The molecule has 3 aliphatic rings. The molecule has 10 aromatic carbocycles. The minimum Gasteiger partial charge on any atom is -0.310 e. The van der Waals surface area contributed by atoms with Gasteiger partial charge in [-0.25, -0.2) is 0 Å². The fourth-order valence-electron chi connectivity index (χ4n) is 11.5. The molecule has 14 rings (SSSR count). The van der Waals surface area contributed by atoms with E-state index in [2.05, 4.69) is 229 Å². The van der Waals surface area contributed by atoms with Gasteiger partial charge in [-0.2, -0.15) is 0 Å². The number of hydrogen-bond donors (Lipinski definition) is 0. The summed E-state index contributed by atoms with van der Waals surface area (Å²) in [5, 5.41) is 2.60. The number of hydrogen-bond acceptors (Lipinski definition) is 2. The molecule has 1 nitrogen and oxygen atoms in total. The number of thiophene rings is 1. The van der Waals surface area contributed by atoms with Crippen LogP contribution in [0.4, 0.5) is 17.1 Å². The highest BCUT2D eigenvalue weighted by Crippen LogP contribution is 2.63.